The van der Waals surface area contributed by atoms with Crippen LogP contribution in [0.4, 0.5) is 0 Å². The third kappa shape index (κ3) is 5.29. The molecule has 0 unspecified atom stereocenters. The number of hydrogen-bond acceptors (Lipinski definition) is 3. The summed E-state index contributed by atoms with van der Waals surface area (Å²) in [5, 5.41) is 0. The number of aromatic nitrogens is 2. The Morgan fingerprint density at radius 2 is 1.90 bits per heavy atom. The lowest BCUT2D eigenvalue weighted by Crippen LogP contribution is -1.98. The van der Waals surface area contributed by atoms with E-state index >= 15 is 0 Å². The van der Waals surface area contributed by atoms with Gasteiger partial charge in [0.05, 0.1) is 12.9 Å². The van der Waals surface area contributed by atoms with Gasteiger partial charge in [-0.3, -0.25) is 0 Å². The van der Waals surface area contributed by atoms with E-state index < -0.39 is 0 Å². The molecule has 0 fully saturated rings. The molecule has 0 bridgehead atoms. The monoisotopic (exact) mass is 290 g/mol. The summed E-state index contributed by atoms with van der Waals surface area (Å²) in [5.41, 5.74) is 0. The second-order valence-corrected chi connectivity index (χ2v) is 5.62. The number of aryl methyl sites for hydroxylation is 1. The van der Waals surface area contributed by atoms with Gasteiger partial charge >= 0.3 is 0 Å². The second-order valence-electron chi connectivity index (χ2n) is 4.74. The van der Waals surface area contributed by atoms with Gasteiger partial charge in [0.2, 0.25) is 0 Å². The molecule has 108 valence electrons. The van der Waals surface area contributed by atoms with E-state index in [0.717, 1.165) is 25.3 Å². The van der Waals surface area contributed by atoms with Gasteiger partial charge in [0.25, 0.3) is 0 Å². The van der Waals surface area contributed by atoms with Gasteiger partial charge in [0.1, 0.15) is 5.75 Å². The minimum Gasteiger partial charge on any atom is -0.494 e. The molecule has 2 aromatic rings. The molecule has 1 aromatic carbocycles. The van der Waals surface area contributed by atoms with Crippen LogP contribution in [0.5, 0.6) is 5.75 Å². The maximum Gasteiger partial charge on any atom is 0.119 e. The van der Waals surface area contributed by atoms with E-state index in [1.165, 1.54) is 24.2 Å². The van der Waals surface area contributed by atoms with Gasteiger partial charge in [0, 0.05) is 23.8 Å². The Kier molecular flexibility index (Phi) is 6.51. The molecule has 0 aliphatic heterocycles. The molecule has 0 radical (unpaired) electrons. The lowest BCUT2D eigenvalue weighted by molar-refractivity contribution is 0.304. The van der Waals surface area contributed by atoms with Gasteiger partial charge in [-0.2, -0.15) is 0 Å². The normalized spacial score (nSPS) is 10.7. The molecule has 1 heterocycles. The molecular weight excluding hydrogens is 268 g/mol. The Morgan fingerprint density at radius 1 is 1.10 bits per heavy atom. The minimum absolute atomic E-state index is 0.809. The third-order valence-corrected chi connectivity index (χ3v) is 3.94. The summed E-state index contributed by atoms with van der Waals surface area (Å²) in [5.74, 6) is 0.973. The summed E-state index contributed by atoms with van der Waals surface area (Å²) < 4.78 is 7.86. The highest BCUT2D eigenvalue weighted by atomic mass is 32.2. The number of nitrogens with zero attached hydrogens (tertiary/aromatic N) is 2. The van der Waals surface area contributed by atoms with Crippen LogP contribution in [0.1, 0.15) is 25.7 Å². The summed E-state index contributed by atoms with van der Waals surface area (Å²) in [6.07, 6.45) is 12.6. The molecule has 4 heteroatoms. The quantitative estimate of drug-likeness (QED) is 0.510. The lowest BCUT2D eigenvalue weighted by Gasteiger charge is -2.07. The maximum absolute atomic E-state index is 5.73. The average molecular weight is 290 g/mol. The molecule has 2 rings (SSSR count). The van der Waals surface area contributed by atoms with Crippen molar-refractivity contribution in [1.29, 1.82) is 0 Å². The average Bonchev–Trinajstić information content (AvgIpc) is 3.00. The van der Waals surface area contributed by atoms with E-state index in [2.05, 4.69) is 27.9 Å². The van der Waals surface area contributed by atoms with Gasteiger partial charge in [-0.15, -0.1) is 11.8 Å². The number of ether oxygens (including phenoxy) is 1. The van der Waals surface area contributed by atoms with E-state index in [0.29, 0.717) is 0 Å². The SMILES string of the molecule is CSc1ccc(OCCCCCCn2ccnc2)cc1. The van der Waals surface area contributed by atoms with Crippen LogP contribution >= 0.6 is 11.8 Å². The first kappa shape index (κ1) is 15.0. The van der Waals surface area contributed by atoms with Crippen LogP contribution in [0.2, 0.25) is 0 Å². The molecule has 0 atom stereocenters. The van der Waals surface area contributed by atoms with Crippen molar-refractivity contribution in [2.24, 2.45) is 0 Å². The van der Waals surface area contributed by atoms with E-state index in [4.69, 9.17) is 4.74 Å². The maximum atomic E-state index is 5.73. The Bertz CT molecular complexity index is 468. The zero-order chi connectivity index (χ0) is 14.0. The summed E-state index contributed by atoms with van der Waals surface area (Å²) in [4.78, 5) is 5.31. The fourth-order valence-electron chi connectivity index (χ4n) is 2.03. The number of unbranched alkanes of at least 4 members (excludes halogenated alkanes) is 3. The molecule has 3 nitrogen and oxygen atoms in total. The van der Waals surface area contributed by atoms with Crippen molar-refractivity contribution in [3.05, 3.63) is 43.0 Å². The fourth-order valence-corrected chi connectivity index (χ4v) is 2.44. The van der Waals surface area contributed by atoms with Crippen LogP contribution in [0.25, 0.3) is 0 Å². The van der Waals surface area contributed by atoms with Gasteiger partial charge in [-0.25, -0.2) is 4.98 Å². The molecule has 1 aromatic heterocycles. The number of rotatable bonds is 9. The van der Waals surface area contributed by atoms with Crippen LogP contribution in [0.3, 0.4) is 0 Å². The van der Waals surface area contributed by atoms with Crippen molar-refractivity contribution in [3.8, 4) is 5.75 Å². The van der Waals surface area contributed by atoms with Crippen LogP contribution < -0.4 is 4.74 Å². The molecule has 0 spiro atoms. The number of benzene rings is 1. The number of hydrogen-bond donors (Lipinski definition) is 0. The number of imidazole rings is 1. The first-order valence-corrected chi connectivity index (χ1v) is 8.33. The van der Waals surface area contributed by atoms with Crippen LogP contribution in [-0.4, -0.2) is 22.4 Å². The molecule has 0 saturated carbocycles. The molecule has 0 saturated heterocycles. The van der Waals surface area contributed by atoms with Gasteiger partial charge in [-0.1, -0.05) is 12.8 Å². The molecule has 0 aliphatic carbocycles. The second kappa shape index (κ2) is 8.69. The van der Waals surface area contributed by atoms with E-state index in [1.54, 1.807) is 11.8 Å². The predicted molar refractivity (Wildman–Crippen MR) is 84.4 cm³/mol. The highest BCUT2D eigenvalue weighted by Crippen LogP contribution is 2.19. The van der Waals surface area contributed by atoms with Gasteiger partial charge in [-0.05, 0) is 43.4 Å². The molecule has 0 aliphatic rings. The summed E-state index contributed by atoms with van der Waals surface area (Å²) >= 11 is 1.75. The van der Waals surface area contributed by atoms with Crippen molar-refractivity contribution < 1.29 is 4.74 Å². The van der Waals surface area contributed by atoms with E-state index in [-0.39, 0.29) is 0 Å². The zero-order valence-electron chi connectivity index (χ0n) is 12.0. The Labute approximate surface area is 125 Å². The first-order chi connectivity index (χ1) is 9.88. The lowest BCUT2D eigenvalue weighted by atomic mass is 10.2. The van der Waals surface area contributed by atoms with Gasteiger partial charge in [0.15, 0.2) is 0 Å². The van der Waals surface area contributed by atoms with Crippen molar-refractivity contribution in [3.63, 3.8) is 0 Å². The van der Waals surface area contributed by atoms with E-state index in [1.807, 2.05) is 30.9 Å². The predicted octanol–water partition coefficient (Wildman–Crippen LogP) is 4.24. The van der Waals surface area contributed by atoms with E-state index in [9.17, 15) is 0 Å². The van der Waals surface area contributed by atoms with Crippen LogP contribution in [0, 0.1) is 0 Å². The molecule has 20 heavy (non-hydrogen) atoms. The summed E-state index contributed by atoms with van der Waals surface area (Å²) in [6.45, 7) is 1.88. The Balaban J connectivity index is 1.50. The summed E-state index contributed by atoms with van der Waals surface area (Å²) in [7, 11) is 0. The van der Waals surface area contributed by atoms with Gasteiger partial charge < -0.3 is 9.30 Å². The Morgan fingerprint density at radius 3 is 2.60 bits per heavy atom. The standard InChI is InChI=1S/C16H22N2OS/c1-20-16-8-6-15(7-9-16)19-13-5-3-2-4-11-18-12-10-17-14-18/h6-10,12,14H,2-5,11,13H2,1H3. The molecule has 0 amide bonds. The first-order valence-electron chi connectivity index (χ1n) is 7.11. The smallest absolute Gasteiger partial charge is 0.119 e. The van der Waals surface area contributed by atoms with Crippen LogP contribution in [0.15, 0.2) is 47.9 Å². The van der Waals surface area contributed by atoms with Crippen molar-refractivity contribution >= 4 is 11.8 Å². The van der Waals surface area contributed by atoms with Crippen molar-refractivity contribution in [2.75, 3.05) is 12.9 Å². The van der Waals surface area contributed by atoms with Crippen molar-refractivity contribution in [1.82, 2.24) is 9.55 Å². The number of thioether (sulfide) groups is 1. The minimum atomic E-state index is 0.809. The highest BCUT2D eigenvalue weighted by Gasteiger charge is 1.96. The fraction of sp³-hybridized carbons (Fsp3) is 0.438. The summed E-state index contributed by atoms with van der Waals surface area (Å²) in [6, 6.07) is 8.30. The van der Waals surface area contributed by atoms with Crippen LogP contribution in [-0.2, 0) is 6.54 Å². The molecule has 0 N–H and O–H groups in total. The molecular formula is C16H22N2OS. The highest BCUT2D eigenvalue weighted by molar-refractivity contribution is 7.98. The topological polar surface area (TPSA) is 27.1 Å². The third-order valence-electron chi connectivity index (χ3n) is 3.20. The largest absolute Gasteiger partial charge is 0.494 e. The zero-order valence-corrected chi connectivity index (χ0v) is 12.8. The Hall–Kier alpha value is -1.42. The van der Waals surface area contributed by atoms with Crippen molar-refractivity contribution in [2.45, 2.75) is 37.1 Å².